The highest BCUT2D eigenvalue weighted by Crippen LogP contribution is 2.22. The number of rotatable bonds is 9. The van der Waals surface area contributed by atoms with Crippen LogP contribution in [0.25, 0.3) is 0 Å². The van der Waals surface area contributed by atoms with E-state index in [2.05, 4.69) is 46.4 Å². The average Bonchev–Trinajstić information content (AvgIpc) is 2.75. The van der Waals surface area contributed by atoms with Crippen molar-refractivity contribution in [3.63, 3.8) is 0 Å². The Bertz CT molecular complexity index is 706. The van der Waals surface area contributed by atoms with Crippen LogP contribution in [0.4, 0.5) is 11.4 Å². The van der Waals surface area contributed by atoms with E-state index >= 15 is 0 Å². The molecule has 0 saturated carbocycles. The Balaban J connectivity index is 0.000000703. The Kier molecular flexibility index (Phi) is 12.2. The fourth-order valence-electron chi connectivity index (χ4n) is 3.03. The molecule has 1 aliphatic heterocycles. The number of aryl methyl sites for hydroxylation is 1. The van der Waals surface area contributed by atoms with Gasteiger partial charge in [0.15, 0.2) is 0 Å². The molecule has 0 bridgehead atoms. The highest BCUT2D eigenvalue weighted by atomic mass is 16.5. The summed E-state index contributed by atoms with van der Waals surface area (Å²) in [6, 6.07) is 6.20. The predicted molar refractivity (Wildman–Crippen MR) is 119 cm³/mol. The van der Waals surface area contributed by atoms with E-state index in [0.29, 0.717) is 6.54 Å². The van der Waals surface area contributed by atoms with Gasteiger partial charge in [0.2, 0.25) is 5.91 Å². The number of hydrogen-bond acceptors (Lipinski definition) is 7. The standard InChI is InChI=1S/C19H32N4O2.C2H2O4/c1-4-23(5-2)17-6-7-18(16(3)14-17)21-19(24)15-20-8-9-22-10-12-25-13-11-22;3-1(4)2(5)6/h6-7,14,20H,4-5,8-13,15H2,1-3H3,(H,21,24);(H,3,4)(H,5,6). The number of nitrogens with zero attached hydrogens (tertiary/aromatic N) is 2. The largest absolute Gasteiger partial charge is 0.473 e. The van der Waals surface area contributed by atoms with Crippen molar-refractivity contribution in [1.82, 2.24) is 10.2 Å². The molecule has 0 radical (unpaired) electrons. The summed E-state index contributed by atoms with van der Waals surface area (Å²) in [5.41, 5.74) is 3.17. The molecule has 0 aliphatic carbocycles. The molecule has 1 amide bonds. The first-order chi connectivity index (χ1) is 14.8. The monoisotopic (exact) mass is 438 g/mol. The number of anilines is 2. The molecular weight excluding hydrogens is 404 g/mol. The molecule has 1 heterocycles. The van der Waals surface area contributed by atoms with Crippen molar-refractivity contribution >= 4 is 29.2 Å². The maximum atomic E-state index is 12.1. The smallest absolute Gasteiger partial charge is 0.414 e. The Morgan fingerprint density at radius 1 is 1.10 bits per heavy atom. The molecule has 0 unspecified atom stereocenters. The van der Waals surface area contributed by atoms with Gasteiger partial charge in [0, 0.05) is 50.6 Å². The van der Waals surface area contributed by atoms with Crippen LogP contribution in [0.5, 0.6) is 0 Å². The summed E-state index contributed by atoms with van der Waals surface area (Å²) < 4.78 is 5.33. The van der Waals surface area contributed by atoms with Gasteiger partial charge in [0.1, 0.15) is 0 Å². The van der Waals surface area contributed by atoms with Crippen molar-refractivity contribution < 1.29 is 29.3 Å². The summed E-state index contributed by atoms with van der Waals surface area (Å²) in [4.78, 5) is 35.0. The number of amides is 1. The molecule has 4 N–H and O–H groups in total. The third-order valence-electron chi connectivity index (χ3n) is 4.79. The van der Waals surface area contributed by atoms with Crippen LogP contribution in [0.1, 0.15) is 19.4 Å². The topological polar surface area (TPSA) is 131 Å². The van der Waals surface area contributed by atoms with Crippen molar-refractivity contribution in [3.05, 3.63) is 23.8 Å². The molecule has 0 atom stereocenters. The van der Waals surface area contributed by atoms with Crippen LogP contribution in [0, 0.1) is 6.92 Å². The number of hydrogen-bond donors (Lipinski definition) is 4. The first-order valence-electron chi connectivity index (χ1n) is 10.4. The van der Waals surface area contributed by atoms with Gasteiger partial charge in [-0.15, -0.1) is 0 Å². The van der Waals surface area contributed by atoms with E-state index in [0.717, 1.165) is 63.7 Å². The van der Waals surface area contributed by atoms with Crippen LogP contribution in [-0.2, 0) is 19.1 Å². The second-order valence-corrected chi connectivity index (χ2v) is 6.96. The number of aliphatic carboxylic acids is 2. The summed E-state index contributed by atoms with van der Waals surface area (Å²) in [6.45, 7) is 14.0. The minimum atomic E-state index is -1.82. The average molecular weight is 439 g/mol. The molecule has 1 aromatic carbocycles. The fraction of sp³-hybridized carbons (Fsp3) is 0.571. The number of benzene rings is 1. The van der Waals surface area contributed by atoms with Crippen molar-refractivity contribution in [2.45, 2.75) is 20.8 Å². The van der Waals surface area contributed by atoms with Gasteiger partial charge >= 0.3 is 11.9 Å². The van der Waals surface area contributed by atoms with Crippen LogP contribution in [0.3, 0.4) is 0 Å². The van der Waals surface area contributed by atoms with Crippen LogP contribution in [0.2, 0.25) is 0 Å². The third-order valence-corrected chi connectivity index (χ3v) is 4.79. The van der Waals surface area contributed by atoms with Gasteiger partial charge in [-0.25, -0.2) is 9.59 Å². The van der Waals surface area contributed by atoms with Gasteiger partial charge in [-0.05, 0) is 44.5 Å². The van der Waals surface area contributed by atoms with E-state index in [1.807, 2.05) is 13.0 Å². The van der Waals surface area contributed by atoms with Crippen LogP contribution < -0.4 is 15.5 Å². The number of carbonyl (C=O) groups is 3. The Morgan fingerprint density at radius 2 is 1.71 bits per heavy atom. The lowest BCUT2D eigenvalue weighted by Crippen LogP contribution is -2.41. The molecule has 174 valence electrons. The zero-order valence-electron chi connectivity index (χ0n) is 18.5. The summed E-state index contributed by atoms with van der Waals surface area (Å²) in [5.74, 6) is -3.65. The van der Waals surface area contributed by atoms with E-state index < -0.39 is 11.9 Å². The van der Waals surface area contributed by atoms with Gasteiger partial charge < -0.3 is 30.5 Å². The lowest BCUT2D eigenvalue weighted by molar-refractivity contribution is -0.159. The van der Waals surface area contributed by atoms with Crippen molar-refractivity contribution in [2.24, 2.45) is 0 Å². The van der Waals surface area contributed by atoms with Crippen LogP contribution >= 0.6 is 0 Å². The van der Waals surface area contributed by atoms with Gasteiger partial charge in [-0.1, -0.05) is 0 Å². The molecule has 2 rings (SSSR count). The van der Waals surface area contributed by atoms with Crippen molar-refractivity contribution in [1.29, 1.82) is 0 Å². The molecule has 0 spiro atoms. The van der Waals surface area contributed by atoms with Crippen LogP contribution in [0.15, 0.2) is 18.2 Å². The zero-order valence-corrected chi connectivity index (χ0v) is 18.5. The number of ether oxygens (including phenoxy) is 1. The maximum absolute atomic E-state index is 12.1. The van der Waals surface area contributed by atoms with Gasteiger partial charge in [0.05, 0.1) is 19.8 Å². The number of carbonyl (C=O) groups excluding carboxylic acids is 1. The normalized spacial score (nSPS) is 13.6. The highest BCUT2D eigenvalue weighted by Gasteiger charge is 2.10. The van der Waals surface area contributed by atoms with Crippen molar-refractivity contribution in [2.75, 3.05) is 69.2 Å². The summed E-state index contributed by atoms with van der Waals surface area (Å²) >= 11 is 0. The van der Waals surface area contributed by atoms with E-state index in [9.17, 15) is 4.79 Å². The summed E-state index contributed by atoms with van der Waals surface area (Å²) in [7, 11) is 0. The molecule has 1 aromatic rings. The quantitative estimate of drug-likeness (QED) is 0.327. The van der Waals surface area contributed by atoms with Crippen molar-refractivity contribution in [3.8, 4) is 0 Å². The second kappa shape index (κ2) is 14.3. The van der Waals surface area contributed by atoms with Gasteiger partial charge in [-0.3, -0.25) is 9.69 Å². The first kappa shape index (κ1) is 26.3. The molecule has 1 fully saturated rings. The number of nitrogens with one attached hydrogen (secondary N) is 2. The maximum Gasteiger partial charge on any atom is 0.414 e. The Labute approximate surface area is 183 Å². The molecule has 31 heavy (non-hydrogen) atoms. The summed E-state index contributed by atoms with van der Waals surface area (Å²) in [6.07, 6.45) is 0. The fourth-order valence-corrected chi connectivity index (χ4v) is 3.03. The lowest BCUT2D eigenvalue weighted by Gasteiger charge is -2.26. The predicted octanol–water partition coefficient (Wildman–Crippen LogP) is 0.857. The first-order valence-corrected chi connectivity index (χ1v) is 10.4. The van der Waals surface area contributed by atoms with Gasteiger partial charge in [-0.2, -0.15) is 0 Å². The zero-order chi connectivity index (χ0) is 23.2. The highest BCUT2D eigenvalue weighted by molar-refractivity contribution is 6.27. The minimum Gasteiger partial charge on any atom is -0.473 e. The molecule has 1 aliphatic rings. The van der Waals surface area contributed by atoms with Crippen LogP contribution in [-0.4, -0.2) is 92.0 Å². The summed E-state index contributed by atoms with van der Waals surface area (Å²) in [5, 5.41) is 21.0. The van der Waals surface area contributed by atoms with E-state index in [1.54, 1.807) is 0 Å². The lowest BCUT2D eigenvalue weighted by atomic mass is 10.1. The third kappa shape index (κ3) is 10.3. The SMILES string of the molecule is CCN(CC)c1ccc(NC(=O)CNCCN2CCOCC2)c(C)c1.O=C(O)C(=O)O. The van der Waals surface area contributed by atoms with Gasteiger partial charge in [0.25, 0.3) is 0 Å². The number of carboxylic acid groups (broad SMARTS) is 2. The van der Waals surface area contributed by atoms with E-state index in [-0.39, 0.29) is 5.91 Å². The molecule has 1 saturated heterocycles. The Morgan fingerprint density at radius 3 is 2.23 bits per heavy atom. The van der Waals surface area contributed by atoms with E-state index in [4.69, 9.17) is 24.5 Å². The molecular formula is C21H34N4O6. The number of morpholine rings is 1. The Hall–Kier alpha value is -2.69. The molecule has 0 aromatic heterocycles. The number of carboxylic acids is 2. The second-order valence-electron chi connectivity index (χ2n) is 6.96. The minimum absolute atomic E-state index is 0.000617. The van der Waals surface area contributed by atoms with E-state index in [1.165, 1.54) is 5.69 Å². The molecule has 10 nitrogen and oxygen atoms in total. The molecule has 10 heteroatoms.